The molecule has 1 aliphatic rings. The summed E-state index contributed by atoms with van der Waals surface area (Å²) in [5.74, 6) is 0.0127. The Hall–Kier alpha value is -2.99. The summed E-state index contributed by atoms with van der Waals surface area (Å²) < 4.78 is 5.74. The van der Waals surface area contributed by atoms with Crippen LogP contribution in [-0.4, -0.2) is 11.8 Å². The van der Waals surface area contributed by atoms with Crippen LogP contribution in [0.2, 0.25) is 10.0 Å². The largest absolute Gasteiger partial charge is 0.457 e. The summed E-state index contributed by atoms with van der Waals surface area (Å²) in [5.41, 5.74) is 0.680. The van der Waals surface area contributed by atoms with Crippen molar-refractivity contribution in [3.05, 3.63) is 93.6 Å². The van der Waals surface area contributed by atoms with Gasteiger partial charge in [-0.1, -0.05) is 59.1 Å². The van der Waals surface area contributed by atoms with E-state index in [9.17, 15) is 9.59 Å². The van der Waals surface area contributed by atoms with Crippen molar-refractivity contribution < 1.29 is 14.3 Å². The third kappa shape index (κ3) is 3.87. The lowest BCUT2D eigenvalue weighted by atomic mass is 10.2. The standard InChI is InChI=1S/C22H13Cl3N2O3/c23-16-7-4-8-17(18(16)24)27-21(28)19(25)20(22(27)29)26-13-9-11-15(12-10-13)30-14-5-2-1-3-6-14/h1-12,26H. The monoisotopic (exact) mass is 458 g/mol. The highest BCUT2D eigenvalue weighted by atomic mass is 35.5. The number of para-hydroxylation sites is 1. The van der Waals surface area contributed by atoms with Crippen LogP contribution in [0, 0.1) is 0 Å². The smallest absolute Gasteiger partial charge is 0.283 e. The molecule has 0 spiro atoms. The molecule has 0 aliphatic carbocycles. The second-order valence-corrected chi connectivity index (χ2v) is 7.44. The lowest BCUT2D eigenvalue weighted by molar-refractivity contribution is -0.120. The Labute approximate surface area is 187 Å². The van der Waals surface area contributed by atoms with Crippen molar-refractivity contribution in [3.63, 3.8) is 0 Å². The van der Waals surface area contributed by atoms with Gasteiger partial charge in [0.2, 0.25) is 0 Å². The number of nitrogens with one attached hydrogen (secondary N) is 1. The molecule has 1 aliphatic heterocycles. The van der Waals surface area contributed by atoms with Crippen molar-refractivity contribution in [1.29, 1.82) is 0 Å². The van der Waals surface area contributed by atoms with Crippen molar-refractivity contribution in [2.75, 3.05) is 10.2 Å². The minimum Gasteiger partial charge on any atom is -0.457 e. The van der Waals surface area contributed by atoms with E-state index in [0.717, 1.165) is 4.90 Å². The van der Waals surface area contributed by atoms with Crippen molar-refractivity contribution >= 4 is 58.0 Å². The molecule has 3 aromatic carbocycles. The fourth-order valence-electron chi connectivity index (χ4n) is 2.87. The Balaban J connectivity index is 1.54. The summed E-state index contributed by atoms with van der Waals surface area (Å²) in [4.78, 5) is 26.4. The Kier molecular flexibility index (Phi) is 5.68. The van der Waals surface area contributed by atoms with E-state index in [4.69, 9.17) is 39.5 Å². The molecule has 0 radical (unpaired) electrons. The van der Waals surface area contributed by atoms with Crippen molar-refractivity contribution in [2.24, 2.45) is 0 Å². The molecule has 0 unspecified atom stereocenters. The highest BCUT2D eigenvalue weighted by Crippen LogP contribution is 2.37. The lowest BCUT2D eigenvalue weighted by Crippen LogP contribution is -2.32. The number of nitrogens with zero attached hydrogens (tertiary/aromatic N) is 1. The predicted octanol–water partition coefficient (Wildman–Crippen LogP) is 6.22. The van der Waals surface area contributed by atoms with Crippen LogP contribution in [0.15, 0.2) is 83.5 Å². The molecule has 8 heteroatoms. The number of anilines is 2. The van der Waals surface area contributed by atoms with Crippen LogP contribution in [0.3, 0.4) is 0 Å². The quantitative estimate of drug-likeness (QED) is 0.460. The fourth-order valence-corrected chi connectivity index (χ4v) is 3.46. The van der Waals surface area contributed by atoms with Crippen LogP contribution in [0.4, 0.5) is 11.4 Å². The minimum atomic E-state index is -0.683. The maximum Gasteiger partial charge on any atom is 0.283 e. The summed E-state index contributed by atoms with van der Waals surface area (Å²) in [6, 6.07) is 20.9. The number of rotatable bonds is 5. The zero-order valence-corrected chi connectivity index (χ0v) is 17.5. The van der Waals surface area contributed by atoms with E-state index in [1.54, 1.807) is 36.4 Å². The average Bonchev–Trinajstić information content (AvgIpc) is 2.96. The number of ether oxygens (including phenoxy) is 1. The molecular weight excluding hydrogens is 447 g/mol. The highest BCUT2D eigenvalue weighted by molar-refractivity contribution is 6.54. The second kappa shape index (κ2) is 8.40. The molecule has 0 atom stereocenters. The Morgan fingerprint density at radius 2 is 1.40 bits per heavy atom. The predicted molar refractivity (Wildman–Crippen MR) is 118 cm³/mol. The van der Waals surface area contributed by atoms with Crippen LogP contribution in [0.25, 0.3) is 0 Å². The van der Waals surface area contributed by atoms with Crippen molar-refractivity contribution in [1.82, 2.24) is 0 Å². The molecule has 3 aromatic rings. The number of hydrogen-bond acceptors (Lipinski definition) is 4. The van der Waals surface area contributed by atoms with Gasteiger partial charge in [0, 0.05) is 5.69 Å². The summed E-state index contributed by atoms with van der Waals surface area (Å²) in [6.45, 7) is 0. The molecule has 2 amide bonds. The van der Waals surface area contributed by atoms with Gasteiger partial charge in [-0.15, -0.1) is 0 Å². The number of carbonyl (C=O) groups excluding carboxylic acids is 2. The van der Waals surface area contributed by atoms with E-state index in [0.29, 0.717) is 17.2 Å². The molecule has 0 bridgehead atoms. The van der Waals surface area contributed by atoms with Gasteiger partial charge in [0.25, 0.3) is 11.8 Å². The number of benzene rings is 3. The highest BCUT2D eigenvalue weighted by Gasteiger charge is 2.40. The van der Waals surface area contributed by atoms with Crippen LogP contribution in [0.1, 0.15) is 0 Å². The maximum atomic E-state index is 12.9. The molecule has 30 heavy (non-hydrogen) atoms. The molecular formula is C22H13Cl3N2O3. The van der Waals surface area contributed by atoms with Crippen LogP contribution in [0.5, 0.6) is 11.5 Å². The molecule has 0 fully saturated rings. The maximum absolute atomic E-state index is 12.9. The van der Waals surface area contributed by atoms with Gasteiger partial charge in [-0.05, 0) is 48.5 Å². The first kappa shape index (κ1) is 20.3. The molecule has 5 nitrogen and oxygen atoms in total. The normalized spacial score (nSPS) is 13.8. The van der Waals surface area contributed by atoms with Gasteiger partial charge in [-0.2, -0.15) is 0 Å². The molecule has 150 valence electrons. The Bertz CT molecular complexity index is 1160. The van der Waals surface area contributed by atoms with Crippen molar-refractivity contribution in [2.45, 2.75) is 0 Å². The summed E-state index contributed by atoms with van der Waals surface area (Å²) in [5, 5.41) is 2.98. The van der Waals surface area contributed by atoms with Gasteiger partial charge in [0.15, 0.2) is 0 Å². The summed E-state index contributed by atoms with van der Waals surface area (Å²) in [7, 11) is 0. The number of hydrogen-bond donors (Lipinski definition) is 1. The lowest BCUT2D eigenvalue weighted by Gasteiger charge is -2.17. The number of amides is 2. The van der Waals surface area contributed by atoms with Crippen LogP contribution >= 0.6 is 34.8 Å². The van der Waals surface area contributed by atoms with E-state index < -0.39 is 11.8 Å². The fraction of sp³-hybridized carbons (Fsp3) is 0. The van der Waals surface area contributed by atoms with E-state index in [-0.39, 0.29) is 26.5 Å². The summed E-state index contributed by atoms with van der Waals surface area (Å²) >= 11 is 18.3. The molecule has 4 rings (SSSR count). The molecule has 1 heterocycles. The SMILES string of the molecule is O=C1C(Cl)=C(Nc2ccc(Oc3ccccc3)cc2)C(=O)N1c1cccc(Cl)c1Cl. The third-order valence-corrected chi connectivity index (χ3v) is 5.46. The Morgan fingerprint density at radius 1 is 0.733 bits per heavy atom. The summed E-state index contributed by atoms with van der Waals surface area (Å²) in [6.07, 6.45) is 0. The number of imide groups is 1. The van der Waals surface area contributed by atoms with E-state index in [1.165, 1.54) is 6.07 Å². The molecule has 0 aromatic heterocycles. The van der Waals surface area contributed by atoms with Gasteiger partial charge in [-0.25, -0.2) is 4.90 Å². The van der Waals surface area contributed by atoms with E-state index in [2.05, 4.69) is 5.32 Å². The zero-order chi connectivity index (χ0) is 21.3. The molecule has 0 saturated heterocycles. The number of halogens is 3. The second-order valence-electron chi connectivity index (χ2n) is 6.27. The van der Waals surface area contributed by atoms with Gasteiger partial charge in [-0.3, -0.25) is 9.59 Å². The first-order valence-corrected chi connectivity index (χ1v) is 9.91. The van der Waals surface area contributed by atoms with Crippen molar-refractivity contribution in [3.8, 4) is 11.5 Å². The van der Waals surface area contributed by atoms with E-state index in [1.807, 2.05) is 30.3 Å². The molecule has 0 saturated carbocycles. The average molecular weight is 460 g/mol. The van der Waals surface area contributed by atoms with Gasteiger partial charge in [0.05, 0.1) is 15.7 Å². The Morgan fingerprint density at radius 3 is 2.10 bits per heavy atom. The first-order valence-electron chi connectivity index (χ1n) is 8.78. The third-order valence-electron chi connectivity index (χ3n) is 4.30. The topological polar surface area (TPSA) is 58.6 Å². The van der Waals surface area contributed by atoms with Crippen LogP contribution in [-0.2, 0) is 9.59 Å². The minimum absolute atomic E-state index is 0.0468. The first-order chi connectivity index (χ1) is 14.5. The van der Waals surface area contributed by atoms with Crippen LogP contribution < -0.4 is 15.0 Å². The van der Waals surface area contributed by atoms with Gasteiger partial charge < -0.3 is 10.1 Å². The zero-order valence-electron chi connectivity index (χ0n) is 15.2. The number of carbonyl (C=O) groups is 2. The van der Waals surface area contributed by atoms with E-state index >= 15 is 0 Å². The molecule has 1 N–H and O–H groups in total. The van der Waals surface area contributed by atoms with Gasteiger partial charge >= 0.3 is 0 Å². The van der Waals surface area contributed by atoms with Gasteiger partial charge in [0.1, 0.15) is 22.2 Å².